The maximum atomic E-state index is 12.1. The molecule has 0 saturated carbocycles. The highest BCUT2D eigenvalue weighted by molar-refractivity contribution is 5.94. The van der Waals surface area contributed by atoms with Crippen LogP contribution >= 0.6 is 24.8 Å². The lowest BCUT2D eigenvalue weighted by atomic mass is 10.2. The van der Waals surface area contributed by atoms with Gasteiger partial charge in [0.1, 0.15) is 12.4 Å². The van der Waals surface area contributed by atoms with Crippen LogP contribution in [-0.2, 0) is 6.61 Å². The Morgan fingerprint density at radius 2 is 2.04 bits per heavy atom. The summed E-state index contributed by atoms with van der Waals surface area (Å²) in [6.07, 6.45) is 3.48. The second-order valence-corrected chi connectivity index (χ2v) is 5.08. The van der Waals surface area contributed by atoms with Gasteiger partial charge in [0.2, 0.25) is 0 Å². The zero-order valence-electron chi connectivity index (χ0n) is 13.7. The van der Waals surface area contributed by atoms with Crippen molar-refractivity contribution in [3.63, 3.8) is 0 Å². The van der Waals surface area contributed by atoms with E-state index in [9.17, 15) is 4.79 Å². The van der Waals surface area contributed by atoms with Crippen LogP contribution in [-0.4, -0.2) is 30.5 Å². The summed E-state index contributed by atoms with van der Waals surface area (Å²) in [6, 6.07) is 11.2. The summed E-state index contributed by atoms with van der Waals surface area (Å²) in [5.74, 6) is 0.562. The number of hydrogen-bond acceptors (Lipinski definition) is 4. The van der Waals surface area contributed by atoms with E-state index in [1.165, 1.54) is 0 Å². The molecular weight excluding hydrogens is 349 g/mol. The number of pyridine rings is 1. The number of aromatic nitrogens is 1. The fourth-order valence-corrected chi connectivity index (χ4v) is 1.83. The van der Waals surface area contributed by atoms with Crippen LogP contribution in [0.3, 0.4) is 0 Å². The number of carbonyl (C=O) groups excluding carboxylic acids is 1. The molecule has 1 aromatic heterocycles. The smallest absolute Gasteiger partial charge is 0.251 e. The minimum absolute atomic E-state index is 0. The summed E-state index contributed by atoms with van der Waals surface area (Å²) in [7, 11) is 1.86. The number of rotatable bonds is 7. The molecule has 0 aliphatic heterocycles. The highest BCUT2D eigenvalue weighted by Gasteiger charge is 2.08. The van der Waals surface area contributed by atoms with Gasteiger partial charge in [-0.3, -0.25) is 9.78 Å². The minimum atomic E-state index is -0.103. The molecule has 7 heteroatoms. The van der Waals surface area contributed by atoms with Gasteiger partial charge in [-0.25, -0.2) is 0 Å². The van der Waals surface area contributed by atoms with E-state index in [0.29, 0.717) is 24.5 Å². The number of benzene rings is 1. The lowest BCUT2D eigenvalue weighted by Crippen LogP contribution is -2.37. The van der Waals surface area contributed by atoms with Gasteiger partial charge in [-0.1, -0.05) is 12.1 Å². The summed E-state index contributed by atoms with van der Waals surface area (Å²) in [5.41, 5.74) is 1.58. The normalized spacial score (nSPS) is 10.8. The Kier molecular flexibility index (Phi) is 10.8. The molecule has 0 aliphatic carbocycles. The molecule has 0 aliphatic rings. The van der Waals surface area contributed by atoms with Gasteiger partial charge in [-0.05, 0) is 38.2 Å². The van der Waals surface area contributed by atoms with E-state index >= 15 is 0 Å². The number of halogens is 2. The van der Waals surface area contributed by atoms with Crippen molar-refractivity contribution >= 4 is 30.7 Å². The van der Waals surface area contributed by atoms with Gasteiger partial charge in [-0.2, -0.15) is 0 Å². The summed E-state index contributed by atoms with van der Waals surface area (Å²) in [5, 5.41) is 5.96. The predicted octanol–water partition coefficient (Wildman–Crippen LogP) is 2.84. The van der Waals surface area contributed by atoms with Gasteiger partial charge >= 0.3 is 0 Å². The first-order chi connectivity index (χ1) is 10.7. The highest BCUT2D eigenvalue weighted by Crippen LogP contribution is 2.15. The molecule has 5 nitrogen and oxygen atoms in total. The van der Waals surface area contributed by atoms with Crippen molar-refractivity contribution < 1.29 is 9.53 Å². The highest BCUT2D eigenvalue weighted by atomic mass is 35.5. The molecule has 2 aromatic rings. The van der Waals surface area contributed by atoms with Crippen molar-refractivity contribution in [1.82, 2.24) is 15.6 Å². The van der Waals surface area contributed by atoms with Gasteiger partial charge in [0.15, 0.2) is 0 Å². The minimum Gasteiger partial charge on any atom is -0.489 e. The van der Waals surface area contributed by atoms with E-state index in [2.05, 4.69) is 15.6 Å². The topological polar surface area (TPSA) is 63.2 Å². The molecule has 0 bridgehead atoms. The first-order valence-electron chi connectivity index (χ1n) is 7.26. The van der Waals surface area contributed by atoms with Crippen molar-refractivity contribution in [3.05, 3.63) is 59.9 Å². The Morgan fingerprint density at radius 1 is 1.25 bits per heavy atom. The number of ether oxygens (including phenoxy) is 1. The Balaban J connectivity index is 0.00000264. The van der Waals surface area contributed by atoms with Crippen LogP contribution in [0.15, 0.2) is 48.8 Å². The zero-order chi connectivity index (χ0) is 15.8. The van der Waals surface area contributed by atoms with Gasteiger partial charge in [0, 0.05) is 36.1 Å². The van der Waals surface area contributed by atoms with E-state index < -0.39 is 0 Å². The third kappa shape index (κ3) is 7.17. The van der Waals surface area contributed by atoms with Crippen LogP contribution in [0.1, 0.15) is 22.8 Å². The Labute approximate surface area is 155 Å². The molecule has 132 valence electrons. The maximum absolute atomic E-state index is 12.1. The van der Waals surface area contributed by atoms with Gasteiger partial charge in [0.05, 0.1) is 0 Å². The molecule has 1 atom stereocenters. The van der Waals surface area contributed by atoms with Gasteiger partial charge in [0.25, 0.3) is 5.91 Å². The van der Waals surface area contributed by atoms with Crippen molar-refractivity contribution in [1.29, 1.82) is 0 Å². The third-order valence-corrected chi connectivity index (χ3v) is 3.29. The summed E-state index contributed by atoms with van der Waals surface area (Å²) in [4.78, 5) is 16.1. The quantitative estimate of drug-likeness (QED) is 0.785. The van der Waals surface area contributed by atoms with E-state index in [1.54, 1.807) is 24.5 Å². The standard InChI is InChI=1S/C17H21N3O2.2ClH/c1-13(18-2)10-20-17(21)15-6-3-7-16(9-15)22-12-14-5-4-8-19-11-14;;/h3-9,11,13,18H,10,12H2,1-2H3,(H,20,21);2*1H. The average molecular weight is 372 g/mol. The molecule has 1 unspecified atom stereocenters. The summed E-state index contributed by atoms with van der Waals surface area (Å²) < 4.78 is 5.70. The first kappa shape index (κ1) is 22.2. The fourth-order valence-electron chi connectivity index (χ4n) is 1.83. The number of carbonyl (C=O) groups is 1. The maximum Gasteiger partial charge on any atom is 0.251 e. The molecule has 0 radical (unpaired) electrons. The molecule has 1 heterocycles. The molecule has 2 rings (SSSR count). The number of likely N-dealkylation sites (N-methyl/N-ethyl adjacent to an activating group) is 1. The van der Waals surface area contributed by atoms with E-state index in [1.807, 2.05) is 38.2 Å². The summed E-state index contributed by atoms with van der Waals surface area (Å²) >= 11 is 0. The van der Waals surface area contributed by atoms with Crippen molar-refractivity contribution in [3.8, 4) is 5.75 Å². The second-order valence-electron chi connectivity index (χ2n) is 5.08. The van der Waals surface area contributed by atoms with Crippen LogP contribution in [0.25, 0.3) is 0 Å². The number of nitrogens with one attached hydrogen (secondary N) is 2. The molecule has 0 saturated heterocycles. The van der Waals surface area contributed by atoms with Crippen LogP contribution in [0.2, 0.25) is 0 Å². The molecule has 2 N–H and O–H groups in total. The van der Waals surface area contributed by atoms with Crippen LogP contribution in [0.5, 0.6) is 5.75 Å². The second kappa shape index (κ2) is 11.7. The number of amides is 1. The fraction of sp³-hybridized carbons (Fsp3) is 0.294. The molecule has 24 heavy (non-hydrogen) atoms. The van der Waals surface area contributed by atoms with Crippen LogP contribution in [0.4, 0.5) is 0 Å². The van der Waals surface area contributed by atoms with Crippen molar-refractivity contribution in [2.45, 2.75) is 19.6 Å². The molecule has 1 amide bonds. The largest absolute Gasteiger partial charge is 0.489 e. The van der Waals surface area contributed by atoms with Crippen molar-refractivity contribution in [2.24, 2.45) is 0 Å². The van der Waals surface area contributed by atoms with Gasteiger partial charge in [-0.15, -0.1) is 24.8 Å². The van der Waals surface area contributed by atoms with Crippen molar-refractivity contribution in [2.75, 3.05) is 13.6 Å². The molecular formula is C17H23Cl2N3O2. The van der Waals surface area contributed by atoms with E-state index in [-0.39, 0.29) is 36.8 Å². The molecule has 1 aromatic carbocycles. The lowest BCUT2D eigenvalue weighted by molar-refractivity contribution is 0.0950. The number of hydrogen-bond donors (Lipinski definition) is 2. The molecule has 0 spiro atoms. The Hall–Kier alpha value is -1.82. The third-order valence-electron chi connectivity index (χ3n) is 3.29. The monoisotopic (exact) mass is 371 g/mol. The molecule has 0 fully saturated rings. The van der Waals surface area contributed by atoms with E-state index in [0.717, 1.165) is 5.56 Å². The van der Waals surface area contributed by atoms with Gasteiger partial charge < -0.3 is 15.4 Å². The Morgan fingerprint density at radius 3 is 2.71 bits per heavy atom. The predicted molar refractivity (Wildman–Crippen MR) is 100 cm³/mol. The van der Waals surface area contributed by atoms with E-state index in [4.69, 9.17) is 4.74 Å². The number of nitrogens with zero attached hydrogens (tertiary/aromatic N) is 1. The Bertz CT molecular complexity index is 612. The van der Waals surface area contributed by atoms with Crippen LogP contribution < -0.4 is 15.4 Å². The first-order valence-corrected chi connectivity index (χ1v) is 7.26. The lowest BCUT2D eigenvalue weighted by Gasteiger charge is -2.12. The van der Waals surface area contributed by atoms with Crippen LogP contribution in [0, 0.1) is 0 Å². The zero-order valence-corrected chi connectivity index (χ0v) is 15.3. The summed E-state index contributed by atoms with van der Waals surface area (Å²) in [6.45, 7) is 3.01. The SMILES string of the molecule is CNC(C)CNC(=O)c1cccc(OCc2cccnc2)c1.Cl.Cl. The average Bonchev–Trinajstić information content (AvgIpc) is 2.58.